The summed E-state index contributed by atoms with van der Waals surface area (Å²) in [5.41, 5.74) is 3.13. The Morgan fingerprint density at radius 1 is 0.839 bits per heavy atom. The topological polar surface area (TPSA) is 81.7 Å². The maximum atomic E-state index is 12.6. The van der Waals surface area contributed by atoms with Crippen LogP contribution in [0.25, 0.3) is 0 Å². The number of nitrogens with one attached hydrogen (secondary N) is 1. The molecular weight excluding hydrogens is 414 g/mol. The molecule has 0 radical (unpaired) electrons. The van der Waals surface area contributed by atoms with Crippen molar-refractivity contribution in [2.24, 2.45) is 0 Å². The summed E-state index contributed by atoms with van der Waals surface area (Å²) < 4.78 is 38.4. The van der Waals surface area contributed by atoms with Crippen molar-refractivity contribution >= 4 is 16.0 Å². The first-order valence-electron chi connectivity index (χ1n) is 9.94. The zero-order chi connectivity index (χ0) is 22.1. The Hall–Kier alpha value is -3.00. The molecule has 3 aromatic carbocycles. The van der Waals surface area contributed by atoms with Gasteiger partial charge in [0.05, 0.1) is 30.3 Å². The smallest absolute Gasteiger partial charge is 0.338 e. The summed E-state index contributed by atoms with van der Waals surface area (Å²) in [7, 11) is -3.77. The summed E-state index contributed by atoms with van der Waals surface area (Å²) in [4.78, 5) is 11.9. The molecule has 0 fully saturated rings. The molecule has 0 unspecified atom stereocenters. The Kier molecular flexibility index (Phi) is 7.94. The molecule has 0 saturated carbocycles. The number of carbonyl (C=O) groups excluding carboxylic acids is 1. The van der Waals surface area contributed by atoms with E-state index in [1.54, 1.807) is 6.92 Å². The Balaban J connectivity index is 1.54. The molecule has 0 spiro atoms. The minimum absolute atomic E-state index is 0.0176. The van der Waals surface area contributed by atoms with Gasteiger partial charge in [-0.2, -0.15) is 0 Å². The van der Waals surface area contributed by atoms with Crippen molar-refractivity contribution in [3.05, 3.63) is 101 Å². The molecule has 0 aromatic heterocycles. The van der Waals surface area contributed by atoms with Crippen LogP contribution < -0.4 is 4.72 Å². The average Bonchev–Trinajstić information content (AvgIpc) is 2.79. The number of benzene rings is 3. The number of rotatable bonds is 10. The minimum atomic E-state index is -3.77. The van der Waals surface area contributed by atoms with Crippen LogP contribution in [0.1, 0.15) is 34.0 Å². The van der Waals surface area contributed by atoms with E-state index >= 15 is 0 Å². The molecule has 0 heterocycles. The molecule has 1 N–H and O–H groups in total. The second-order valence-corrected chi connectivity index (χ2v) is 8.63. The fraction of sp³-hybridized carbons (Fsp3) is 0.208. The molecule has 162 valence electrons. The third-order valence-electron chi connectivity index (χ3n) is 4.53. The van der Waals surface area contributed by atoms with Gasteiger partial charge in [-0.3, -0.25) is 0 Å². The second-order valence-electron chi connectivity index (χ2n) is 6.87. The van der Waals surface area contributed by atoms with Gasteiger partial charge in [0.25, 0.3) is 0 Å². The summed E-state index contributed by atoms with van der Waals surface area (Å²) in [5.74, 6) is -0.551. The first-order chi connectivity index (χ1) is 15.0. The summed E-state index contributed by atoms with van der Waals surface area (Å²) in [6, 6.07) is 23.3. The van der Waals surface area contributed by atoms with E-state index in [0.717, 1.165) is 16.7 Å². The third-order valence-corrected chi connectivity index (χ3v) is 5.92. The van der Waals surface area contributed by atoms with Crippen molar-refractivity contribution < 1.29 is 22.7 Å². The van der Waals surface area contributed by atoms with Gasteiger partial charge in [0.2, 0.25) is 10.0 Å². The lowest BCUT2D eigenvalue weighted by atomic mass is 10.1. The van der Waals surface area contributed by atoms with Crippen molar-refractivity contribution in [3.63, 3.8) is 0 Å². The van der Waals surface area contributed by atoms with Gasteiger partial charge in [-0.25, -0.2) is 17.9 Å². The lowest BCUT2D eigenvalue weighted by Crippen LogP contribution is -2.23. The highest BCUT2D eigenvalue weighted by atomic mass is 32.2. The van der Waals surface area contributed by atoms with Gasteiger partial charge in [-0.05, 0) is 41.8 Å². The number of esters is 1. The largest absolute Gasteiger partial charge is 0.462 e. The SMILES string of the molecule is CCOC(=O)c1cccc(S(=O)(=O)NCc2ccc(COCc3ccccc3)cc2)c1. The predicted octanol–water partition coefficient (Wildman–Crippen LogP) is 4.06. The molecule has 0 saturated heterocycles. The lowest BCUT2D eigenvalue weighted by Gasteiger charge is -2.09. The molecule has 7 heteroatoms. The van der Waals surface area contributed by atoms with E-state index in [-0.39, 0.29) is 23.6 Å². The fourth-order valence-electron chi connectivity index (χ4n) is 2.88. The second kappa shape index (κ2) is 10.9. The third kappa shape index (κ3) is 6.75. The van der Waals surface area contributed by atoms with Crippen LogP contribution in [0.15, 0.2) is 83.8 Å². The highest BCUT2D eigenvalue weighted by Crippen LogP contribution is 2.14. The number of ether oxygens (including phenoxy) is 2. The van der Waals surface area contributed by atoms with Crippen LogP contribution in [0.5, 0.6) is 0 Å². The van der Waals surface area contributed by atoms with E-state index in [9.17, 15) is 13.2 Å². The lowest BCUT2D eigenvalue weighted by molar-refractivity contribution is 0.0526. The van der Waals surface area contributed by atoms with Crippen molar-refractivity contribution in [1.82, 2.24) is 4.72 Å². The molecule has 0 aliphatic rings. The fourth-order valence-corrected chi connectivity index (χ4v) is 3.94. The van der Waals surface area contributed by atoms with Gasteiger partial charge in [0.15, 0.2) is 0 Å². The molecule has 3 aromatic rings. The van der Waals surface area contributed by atoms with Gasteiger partial charge in [-0.15, -0.1) is 0 Å². The molecule has 31 heavy (non-hydrogen) atoms. The van der Waals surface area contributed by atoms with Crippen molar-refractivity contribution in [1.29, 1.82) is 0 Å². The maximum absolute atomic E-state index is 12.6. The molecule has 3 rings (SSSR count). The van der Waals surface area contributed by atoms with Crippen molar-refractivity contribution in [2.45, 2.75) is 31.6 Å². The van der Waals surface area contributed by atoms with Gasteiger partial charge in [0, 0.05) is 6.54 Å². The van der Waals surface area contributed by atoms with Gasteiger partial charge >= 0.3 is 5.97 Å². The summed E-state index contributed by atoms with van der Waals surface area (Å²) in [6.45, 7) is 3.06. The quantitative estimate of drug-likeness (QED) is 0.482. The highest BCUT2D eigenvalue weighted by molar-refractivity contribution is 7.89. The monoisotopic (exact) mass is 439 g/mol. The maximum Gasteiger partial charge on any atom is 0.338 e. The molecule has 6 nitrogen and oxygen atoms in total. The molecular formula is C24H25NO5S. The molecule has 0 aliphatic carbocycles. The average molecular weight is 440 g/mol. The normalized spacial score (nSPS) is 11.3. The van der Waals surface area contributed by atoms with Gasteiger partial charge < -0.3 is 9.47 Å². The van der Waals surface area contributed by atoms with E-state index in [2.05, 4.69) is 4.72 Å². The van der Waals surface area contributed by atoms with Crippen LogP contribution in [0, 0.1) is 0 Å². The number of hydrogen-bond acceptors (Lipinski definition) is 5. The zero-order valence-corrected chi connectivity index (χ0v) is 18.1. The summed E-state index contributed by atoms with van der Waals surface area (Å²) in [6.07, 6.45) is 0. The number of sulfonamides is 1. The number of carbonyl (C=O) groups is 1. The Morgan fingerprint density at radius 2 is 1.48 bits per heavy atom. The van der Waals surface area contributed by atoms with E-state index in [1.165, 1.54) is 24.3 Å². The van der Waals surface area contributed by atoms with Gasteiger partial charge in [-0.1, -0.05) is 60.7 Å². The van der Waals surface area contributed by atoms with E-state index in [1.807, 2.05) is 54.6 Å². The van der Waals surface area contributed by atoms with Crippen LogP contribution >= 0.6 is 0 Å². The summed E-state index contributed by atoms with van der Waals surface area (Å²) in [5, 5.41) is 0. The van der Waals surface area contributed by atoms with Crippen LogP contribution in [-0.2, 0) is 39.3 Å². The Bertz CT molecular complexity index is 1100. The number of hydrogen-bond donors (Lipinski definition) is 1. The van der Waals surface area contributed by atoms with E-state index in [0.29, 0.717) is 13.2 Å². The first-order valence-corrected chi connectivity index (χ1v) is 11.4. The first kappa shape index (κ1) is 22.7. The molecule has 0 aliphatic heterocycles. The van der Waals surface area contributed by atoms with Crippen LogP contribution in [0.2, 0.25) is 0 Å². The van der Waals surface area contributed by atoms with Crippen LogP contribution in [0.4, 0.5) is 0 Å². The molecule has 0 atom stereocenters. The zero-order valence-electron chi connectivity index (χ0n) is 17.3. The predicted molar refractivity (Wildman–Crippen MR) is 118 cm³/mol. The van der Waals surface area contributed by atoms with E-state index in [4.69, 9.17) is 9.47 Å². The molecule has 0 amide bonds. The Morgan fingerprint density at radius 3 is 2.16 bits per heavy atom. The Labute approximate surface area is 182 Å². The highest BCUT2D eigenvalue weighted by Gasteiger charge is 2.16. The summed E-state index contributed by atoms with van der Waals surface area (Å²) >= 11 is 0. The van der Waals surface area contributed by atoms with Gasteiger partial charge in [0.1, 0.15) is 0 Å². The van der Waals surface area contributed by atoms with E-state index < -0.39 is 16.0 Å². The standard InChI is InChI=1S/C24H25NO5S/c1-2-30-24(26)22-9-6-10-23(15-22)31(27,28)25-16-19-11-13-21(14-12-19)18-29-17-20-7-4-3-5-8-20/h3-15,25H,2,16-18H2,1H3. The van der Waals surface area contributed by atoms with Crippen LogP contribution in [-0.4, -0.2) is 21.0 Å². The minimum Gasteiger partial charge on any atom is -0.462 e. The molecule has 0 bridgehead atoms. The van der Waals surface area contributed by atoms with Crippen molar-refractivity contribution in [3.8, 4) is 0 Å². The van der Waals surface area contributed by atoms with Crippen molar-refractivity contribution in [2.75, 3.05) is 6.61 Å². The van der Waals surface area contributed by atoms with Crippen LogP contribution in [0.3, 0.4) is 0 Å².